The number of hydrogen-bond donors (Lipinski definition) is 1. The molecule has 0 radical (unpaired) electrons. The number of carbonyl (C=O) groups excluding carboxylic acids is 1. The molecule has 6 nitrogen and oxygen atoms in total. The van der Waals surface area contributed by atoms with E-state index in [-0.39, 0.29) is 0 Å². The maximum absolute atomic E-state index is 10.8. The number of hydrogen-bond acceptors (Lipinski definition) is 6. The molecule has 0 saturated heterocycles. The van der Waals surface area contributed by atoms with Crippen LogP contribution in [-0.2, 0) is 19.0 Å². The van der Waals surface area contributed by atoms with Crippen LogP contribution in [0.3, 0.4) is 0 Å². The maximum Gasteiger partial charge on any atom is 0.524 e. The minimum absolute atomic E-state index is 0.758. The standard InChI is InChI=1S/C6H13NO5S/c1-6(2,3)11-5(8)12-13(9,10)4-7/h4,7H2,1-3H3. The molecule has 0 spiro atoms. The van der Waals surface area contributed by atoms with Crippen LogP contribution in [0, 0.1) is 0 Å². The predicted molar refractivity (Wildman–Crippen MR) is 45.3 cm³/mol. The Bertz CT molecular complexity index is 276. The quantitative estimate of drug-likeness (QED) is 0.517. The fourth-order valence-corrected chi connectivity index (χ4v) is 0.714. The first-order chi connectivity index (χ1) is 5.66. The zero-order valence-corrected chi connectivity index (χ0v) is 8.55. The number of ether oxygens (including phenoxy) is 1. The average molecular weight is 211 g/mol. The van der Waals surface area contributed by atoms with Crippen molar-refractivity contribution in [3.05, 3.63) is 0 Å². The van der Waals surface area contributed by atoms with Crippen molar-refractivity contribution < 1.29 is 22.1 Å². The Morgan fingerprint density at radius 1 is 1.38 bits per heavy atom. The van der Waals surface area contributed by atoms with Gasteiger partial charge in [-0.05, 0) is 20.8 Å². The van der Waals surface area contributed by atoms with Crippen molar-refractivity contribution >= 4 is 16.3 Å². The van der Waals surface area contributed by atoms with Crippen molar-refractivity contribution in [1.29, 1.82) is 0 Å². The minimum Gasteiger partial charge on any atom is -0.428 e. The Hall–Kier alpha value is -0.820. The van der Waals surface area contributed by atoms with Crippen molar-refractivity contribution in [2.45, 2.75) is 26.4 Å². The highest BCUT2D eigenvalue weighted by atomic mass is 32.2. The molecular formula is C6H13NO5S. The SMILES string of the molecule is CC(C)(C)OC(=O)OS(=O)(=O)CN. The molecule has 0 aromatic rings. The molecule has 0 aliphatic carbocycles. The summed E-state index contributed by atoms with van der Waals surface area (Å²) in [6.45, 7) is 4.76. The Labute approximate surface area is 77.1 Å². The van der Waals surface area contributed by atoms with E-state index < -0.39 is 27.8 Å². The summed E-state index contributed by atoms with van der Waals surface area (Å²) in [4.78, 5) is 10.8. The fourth-order valence-electron chi connectivity index (χ4n) is 0.405. The summed E-state index contributed by atoms with van der Waals surface area (Å²) in [5, 5.41) is 0. The first-order valence-electron chi connectivity index (χ1n) is 3.51. The topological polar surface area (TPSA) is 95.7 Å². The van der Waals surface area contributed by atoms with Gasteiger partial charge in [-0.25, -0.2) is 4.79 Å². The van der Waals surface area contributed by atoms with Gasteiger partial charge < -0.3 is 14.7 Å². The molecule has 2 N–H and O–H groups in total. The maximum atomic E-state index is 10.8. The molecule has 0 atom stereocenters. The van der Waals surface area contributed by atoms with Gasteiger partial charge in [0.2, 0.25) is 0 Å². The molecule has 0 aromatic heterocycles. The highest BCUT2D eigenvalue weighted by Gasteiger charge is 2.22. The van der Waals surface area contributed by atoms with Crippen molar-refractivity contribution in [1.82, 2.24) is 0 Å². The second-order valence-corrected chi connectivity index (χ2v) is 4.89. The first-order valence-corrected chi connectivity index (χ1v) is 5.09. The van der Waals surface area contributed by atoms with E-state index in [2.05, 4.69) is 8.92 Å². The van der Waals surface area contributed by atoms with E-state index in [1.54, 1.807) is 20.8 Å². The summed E-state index contributed by atoms with van der Waals surface area (Å²) in [5.41, 5.74) is 4.01. The van der Waals surface area contributed by atoms with Gasteiger partial charge >= 0.3 is 16.3 Å². The van der Waals surface area contributed by atoms with Gasteiger partial charge in [-0.1, -0.05) is 0 Å². The van der Waals surface area contributed by atoms with Crippen molar-refractivity contribution in [3.8, 4) is 0 Å². The molecule has 13 heavy (non-hydrogen) atoms. The number of nitrogens with two attached hydrogens (primary N) is 1. The molecule has 0 aliphatic heterocycles. The highest BCUT2D eigenvalue weighted by Crippen LogP contribution is 2.09. The third-order valence-electron chi connectivity index (χ3n) is 0.789. The van der Waals surface area contributed by atoms with Gasteiger partial charge in [0.05, 0.1) is 0 Å². The van der Waals surface area contributed by atoms with E-state index in [1.807, 2.05) is 0 Å². The Balaban J connectivity index is 4.19. The third kappa shape index (κ3) is 6.35. The normalized spacial score (nSPS) is 12.3. The summed E-state index contributed by atoms with van der Waals surface area (Å²) in [7, 11) is -3.99. The van der Waals surface area contributed by atoms with E-state index in [9.17, 15) is 13.2 Å². The third-order valence-corrected chi connectivity index (χ3v) is 1.59. The zero-order valence-electron chi connectivity index (χ0n) is 7.73. The summed E-state index contributed by atoms with van der Waals surface area (Å²) < 4.78 is 29.8. The molecule has 7 heteroatoms. The molecule has 0 aromatic carbocycles. The summed E-state index contributed by atoms with van der Waals surface area (Å²) in [5.74, 6) is -0.758. The van der Waals surface area contributed by atoms with Crippen LogP contribution in [0.1, 0.15) is 20.8 Å². The van der Waals surface area contributed by atoms with Gasteiger partial charge in [-0.3, -0.25) is 0 Å². The summed E-state index contributed by atoms with van der Waals surface area (Å²) in [6, 6.07) is 0. The Kier molecular flexibility index (Phi) is 3.68. The number of rotatable bonds is 2. The Morgan fingerprint density at radius 2 is 1.85 bits per heavy atom. The van der Waals surface area contributed by atoms with Crippen molar-refractivity contribution in [2.75, 3.05) is 5.88 Å². The van der Waals surface area contributed by atoms with Gasteiger partial charge in [0.15, 0.2) is 0 Å². The second-order valence-electron chi connectivity index (χ2n) is 3.27. The summed E-state index contributed by atoms with van der Waals surface area (Å²) >= 11 is 0. The molecular weight excluding hydrogens is 198 g/mol. The van der Waals surface area contributed by atoms with Crippen LogP contribution in [0.5, 0.6) is 0 Å². The molecule has 0 rings (SSSR count). The van der Waals surface area contributed by atoms with Crippen LogP contribution >= 0.6 is 0 Å². The van der Waals surface area contributed by atoms with E-state index >= 15 is 0 Å². The molecule has 0 fully saturated rings. The van der Waals surface area contributed by atoms with Crippen LogP contribution in [0.15, 0.2) is 0 Å². The van der Waals surface area contributed by atoms with E-state index in [4.69, 9.17) is 5.73 Å². The monoisotopic (exact) mass is 211 g/mol. The molecule has 0 unspecified atom stereocenters. The van der Waals surface area contributed by atoms with Crippen LogP contribution in [0.2, 0.25) is 0 Å². The average Bonchev–Trinajstić information content (AvgIpc) is 1.81. The van der Waals surface area contributed by atoms with E-state index in [0.29, 0.717) is 0 Å². The molecule has 0 amide bonds. The molecule has 0 bridgehead atoms. The van der Waals surface area contributed by atoms with Crippen molar-refractivity contribution in [3.63, 3.8) is 0 Å². The molecule has 78 valence electrons. The van der Waals surface area contributed by atoms with Crippen LogP contribution in [0.4, 0.5) is 4.79 Å². The van der Waals surface area contributed by atoms with Crippen LogP contribution in [0.25, 0.3) is 0 Å². The predicted octanol–water partition coefficient (Wildman–Crippen LogP) is 0.184. The van der Waals surface area contributed by atoms with Gasteiger partial charge in [-0.2, -0.15) is 8.42 Å². The smallest absolute Gasteiger partial charge is 0.428 e. The lowest BCUT2D eigenvalue weighted by Gasteiger charge is -2.18. The minimum atomic E-state index is -3.99. The molecule has 0 aliphatic rings. The van der Waals surface area contributed by atoms with Gasteiger partial charge in [0.25, 0.3) is 0 Å². The first kappa shape index (κ1) is 12.2. The lowest BCUT2D eigenvalue weighted by atomic mass is 10.2. The zero-order chi connectivity index (χ0) is 10.7. The van der Waals surface area contributed by atoms with Gasteiger partial charge in [0.1, 0.15) is 11.5 Å². The van der Waals surface area contributed by atoms with Crippen molar-refractivity contribution in [2.24, 2.45) is 5.73 Å². The van der Waals surface area contributed by atoms with Gasteiger partial charge in [-0.15, -0.1) is 0 Å². The molecule has 0 saturated carbocycles. The molecule has 0 heterocycles. The van der Waals surface area contributed by atoms with Crippen LogP contribution in [-0.4, -0.2) is 26.1 Å². The van der Waals surface area contributed by atoms with Gasteiger partial charge in [0, 0.05) is 0 Å². The highest BCUT2D eigenvalue weighted by molar-refractivity contribution is 7.87. The fraction of sp³-hybridized carbons (Fsp3) is 0.833. The summed E-state index contributed by atoms with van der Waals surface area (Å²) in [6.07, 6.45) is -1.27. The lowest BCUT2D eigenvalue weighted by Crippen LogP contribution is -2.28. The second kappa shape index (κ2) is 3.93. The van der Waals surface area contributed by atoms with E-state index in [1.165, 1.54) is 0 Å². The largest absolute Gasteiger partial charge is 0.524 e. The van der Waals surface area contributed by atoms with Crippen LogP contribution < -0.4 is 5.73 Å². The van der Waals surface area contributed by atoms with E-state index in [0.717, 1.165) is 0 Å². The number of carbonyl (C=O) groups is 1. The Morgan fingerprint density at radius 3 is 2.15 bits per heavy atom. The lowest BCUT2D eigenvalue weighted by molar-refractivity contribution is 0.0223.